The summed E-state index contributed by atoms with van der Waals surface area (Å²) in [4.78, 5) is 2.36. The number of rotatable bonds is 10. The molecule has 3 heteroatoms. The zero-order valence-corrected chi connectivity index (χ0v) is 41.0. The van der Waals surface area contributed by atoms with Gasteiger partial charge in [-0.1, -0.05) is 224 Å². The standard InChI is InChI=1S/C72H48N2O/c1-2-16-49(17-3-1)50-32-34-51(35-33-50)52-36-42-57(43-37-52)73(58-44-38-53(39-45-58)55-18-14-19-56(48-55)61-26-15-27-67-66-25-9-13-31-71(66)75-72(61)67)59-46-40-54(41-47-59)60-20-4-5-21-62(60)63-22-6-10-28-68(63)74-69-29-11-7-23-64(69)65-24-8-12-30-70(65)74/h1-48H. The van der Waals surface area contributed by atoms with Gasteiger partial charge in [0.25, 0.3) is 0 Å². The molecule has 0 amide bonds. The molecule has 0 fully saturated rings. The smallest absolute Gasteiger partial charge is 0.143 e. The van der Waals surface area contributed by atoms with Crippen molar-refractivity contribution in [3.63, 3.8) is 0 Å². The maximum Gasteiger partial charge on any atom is 0.143 e. The van der Waals surface area contributed by atoms with E-state index in [9.17, 15) is 0 Å². The molecule has 3 nitrogen and oxygen atoms in total. The van der Waals surface area contributed by atoms with Crippen molar-refractivity contribution < 1.29 is 4.42 Å². The van der Waals surface area contributed by atoms with Gasteiger partial charge >= 0.3 is 0 Å². The van der Waals surface area contributed by atoms with Gasteiger partial charge in [-0.05, 0) is 122 Å². The molecule has 0 atom stereocenters. The van der Waals surface area contributed by atoms with Crippen LogP contribution in [0.15, 0.2) is 296 Å². The third kappa shape index (κ3) is 7.86. The zero-order valence-electron chi connectivity index (χ0n) is 41.0. The van der Waals surface area contributed by atoms with Crippen LogP contribution >= 0.6 is 0 Å². The maximum absolute atomic E-state index is 6.46. The lowest BCUT2D eigenvalue weighted by Gasteiger charge is -2.26. The van der Waals surface area contributed by atoms with E-state index in [1.807, 2.05) is 12.1 Å². The summed E-state index contributed by atoms with van der Waals surface area (Å²) in [6.45, 7) is 0. The molecule has 0 unspecified atom stereocenters. The van der Waals surface area contributed by atoms with Crippen LogP contribution < -0.4 is 4.90 Å². The molecule has 0 aliphatic rings. The van der Waals surface area contributed by atoms with Gasteiger partial charge in [0.1, 0.15) is 11.2 Å². The van der Waals surface area contributed by atoms with E-state index >= 15 is 0 Å². The molecule has 75 heavy (non-hydrogen) atoms. The van der Waals surface area contributed by atoms with Crippen molar-refractivity contribution in [2.24, 2.45) is 0 Å². The molecular weight excluding hydrogens is 909 g/mol. The minimum Gasteiger partial charge on any atom is -0.455 e. The Hall–Kier alpha value is -9.96. The fourth-order valence-electron chi connectivity index (χ4n) is 11.2. The van der Waals surface area contributed by atoms with Crippen LogP contribution in [0, 0.1) is 0 Å². The van der Waals surface area contributed by atoms with Crippen molar-refractivity contribution in [2.45, 2.75) is 0 Å². The second kappa shape index (κ2) is 18.6. The van der Waals surface area contributed by atoms with Gasteiger partial charge in [0.15, 0.2) is 0 Å². The fourth-order valence-corrected chi connectivity index (χ4v) is 11.2. The first-order chi connectivity index (χ1) is 37.2. The summed E-state index contributed by atoms with van der Waals surface area (Å²) >= 11 is 0. The Morgan fingerprint density at radius 1 is 0.253 bits per heavy atom. The first kappa shape index (κ1) is 43.8. The molecule has 0 aliphatic carbocycles. The summed E-state index contributed by atoms with van der Waals surface area (Å²) in [5.74, 6) is 0. The molecule has 0 bridgehead atoms. The Balaban J connectivity index is 0.828. The third-order valence-corrected chi connectivity index (χ3v) is 14.9. The highest BCUT2D eigenvalue weighted by molar-refractivity contribution is 6.11. The number of fused-ring (bicyclic) bond motifs is 6. The van der Waals surface area contributed by atoms with Crippen LogP contribution in [0.5, 0.6) is 0 Å². The largest absolute Gasteiger partial charge is 0.455 e. The van der Waals surface area contributed by atoms with Crippen LogP contribution in [0.3, 0.4) is 0 Å². The molecule has 352 valence electrons. The zero-order chi connectivity index (χ0) is 49.7. The van der Waals surface area contributed by atoms with E-state index in [4.69, 9.17) is 4.42 Å². The molecular formula is C72H48N2O. The number of anilines is 3. The van der Waals surface area contributed by atoms with Gasteiger partial charge in [0.05, 0.1) is 16.7 Å². The highest BCUT2D eigenvalue weighted by atomic mass is 16.3. The Kier molecular flexibility index (Phi) is 10.8. The van der Waals surface area contributed by atoms with Crippen molar-refractivity contribution in [2.75, 3.05) is 4.90 Å². The first-order valence-electron chi connectivity index (χ1n) is 25.6. The Bertz CT molecular complexity index is 4320. The molecule has 2 heterocycles. The van der Waals surface area contributed by atoms with E-state index < -0.39 is 0 Å². The van der Waals surface area contributed by atoms with Gasteiger partial charge in [0, 0.05) is 49.7 Å². The van der Waals surface area contributed by atoms with Crippen LogP contribution in [-0.2, 0) is 0 Å². The first-order valence-corrected chi connectivity index (χ1v) is 25.6. The molecule has 12 aromatic carbocycles. The van der Waals surface area contributed by atoms with Gasteiger partial charge in [-0.2, -0.15) is 0 Å². The summed E-state index contributed by atoms with van der Waals surface area (Å²) in [5.41, 5.74) is 22.5. The van der Waals surface area contributed by atoms with Crippen LogP contribution in [0.2, 0.25) is 0 Å². The van der Waals surface area contributed by atoms with Crippen LogP contribution in [0.1, 0.15) is 0 Å². The van der Waals surface area contributed by atoms with Crippen molar-refractivity contribution in [1.82, 2.24) is 4.57 Å². The summed E-state index contributed by atoms with van der Waals surface area (Å²) in [5, 5.41) is 4.76. The third-order valence-electron chi connectivity index (χ3n) is 14.9. The molecule has 0 radical (unpaired) electrons. The van der Waals surface area contributed by atoms with E-state index in [0.717, 1.165) is 72.5 Å². The Labute approximate surface area is 436 Å². The second-order valence-corrected chi connectivity index (χ2v) is 19.2. The van der Waals surface area contributed by atoms with Gasteiger partial charge in [-0.15, -0.1) is 0 Å². The fraction of sp³-hybridized carbons (Fsp3) is 0. The number of benzene rings is 12. The van der Waals surface area contributed by atoms with Crippen LogP contribution in [0.4, 0.5) is 17.1 Å². The van der Waals surface area contributed by atoms with Gasteiger partial charge in [-0.25, -0.2) is 0 Å². The SMILES string of the molecule is c1ccc(-c2ccc(-c3ccc(N(c4ccc(-c5cccc(-c6cccc7c6oc6ccccc67)c5)cc4)c4ccc(-c5ccccc5-c5ccccc5-n5c6ccccc6c6ccccc65)cc4)cc3)cc2)cc1. The van der Waals surface area contributed by atoms with Crippen molar-refractivity contribution >= 4 is 60.8 Å². The second-order valence-electron chi connectivity index (χ2n) is 19.2. The Morgan fingerprint density at radius 3 is 1.31 bits per heavy atom. The lowest BCUT2D eigenvalue weighted by Crippen LogP contribution is -2.09. The number of nitrogens with zero attached hydrogens (tertiary/aromatic N) is 2. The summed E-state index contributed by atoms with van der Waals surface area (Å²) in [6.07, 6.45) is 0. The van der Waals surface area contributed by atoms with Crippen molar-refractivity contribution in [3.8, 4) is 72.4 Å². The Morgan fingerprint density at radius 2 is 0.667 bits per heavy atom. The predicted molar refractivity (Wildman–Crippen MR) is 315 cm³/mol. The van der Waals surface area contributed by atoms with Gasteiger partial charge in [0.2, 0.25) is 0 Å². The number of para-hydroxylation sites is 5. The number of hydrogen-bond acceptors (Lipinski definition) is 2. The van der Waals surface area contributed by atoms with E-state index in [2.05, 4.69) is 289 Å². The minimum absolute atomic E-state index is 0.903. The highest BCUT2D eigenvalue weighted by Gasteiger charge is 2.19. The van der Waals surface area contributed by atoms with Crippen LogP contribution in [-0.4, -0.2) is 4.57 Å². The number of furan rings is 1. The van der Waals surface area contributed by atoms with Gasteiger partial charge in [-0.3, -0.25) is 0 Å². The molecule has 2 aromatic heterocycles. The topological polar surface area (TPSA) is 21.3 Å². The van der Waals surface area contributed by atoms with E-state index in [0.29, 0.717) is 0 Å². The normalized spacial score (nSPS) is 11.5. The predicted octanol–water partition coefficient (Wildman–Crippen LogP) is 20.2. The minimum atomic E-state index is 0.903. The average molecular weight is 957 g/mol. The van der Waals surface area contributed by atoms with E-state index in [1.54, 1.807) is 0 Å². The molecule has 0 saturated carbocycles. The van der Waals surface area contributed by atoms with Gasteiger partial charge < -0.3 is 13.9 Å². The molecule has 0 aliphatic heterocycles. The molecule has 14 rings (SSSR count). The lowest BCUT2D eigenvalue weighted by molar-refractivity contribution is 0.670. The lowest BCUT2D eigenvalue weighted by atomic mass is 9.93. The van der Waals surface area contributed by atoms with E-state index in [-0.39, 0.29) is 0 Å². The summed E-state index contributed by atoms with van der Waals surface area (Å²) in [7, 11) is 0. The summed E-state index contributed by atoms with van der Waals surface area (Å²) < 4.78 is 8.88. The quantitative estimate of drug-likeness (QED) is 0.136. The number of hydrogen-bond donors (Lipinski definition) is 0. The van der Waals surface area contributed by atoms with E-state index in [1.165, 1.54) is 60.8 Å². The molecule has 0 N–H and O–H groups in total. The number of aromatic nitrogens is 1. The molecule has 14 aromatic rings. The van der Waals surface area contributed by atoms with Crippen LogP contribution in [0.25, 0.3) is 116 Å². The van der Waals surface area contributed by atoms with Crippen molar-refractivity contribution in [3.05, 3.63) is 291 Å². The molecule has 0 saturated heterocycles. The monoisotopic (exact) mass is 956 g/mol. The molecule has 0 spiro atoms. The average Bonchev–Trinajstić information content (AvgIpc) is 4.05. The summed E-state index contributed by atoms with van der Waals surface area (Å²) in [6, 6.07) is 105. The highest BCUT2D eigenvalue weighted by Crippen LogP contribution is 2.43. The maximum atomic E-state index is 6.46. The van der Waals surface area contributed by atoms with Crippen molar-refractivity contribution in [1.29, 1.82) is 0 Å².